The largest absolute Gasteiger partial charge is 0.352 e. The molecule has 1 saturated carbocycles. The van der Waals surface area contributed by atoms with Crippen molar-refractivity contribution in [2.75, 3.05) is 10.8 Å². The standard InChI is InChI=1S/C32H36Cl3N3O4S/c1-3-30(32(40)36-26-7-5-4-6-8-26)37(20-23-11-12-25(34)19-29(23)35)31(39)21-38(27-15-9-22(2)10-16-27)43(41,42)28-17-13-24(33)14-18-28/h9-19,26,30H,3-8,20-21H2,1-2H3,(H,36,40). The van der Waals surface area contributed by atoms with Crippen LogP contribution in [0.25, 0.3) is 0 Å². The van der Waals surface area contributed by atoms with Gasteiger partial charge in [0.15, 0.2) is 0 Å². The number of hydrogen-bond donors (Lipinski definition) is 1. The molecule has 3 aromatic carbocycles. The Morgan fingerprint density at radius 3 is 2.14 bits per heavy atom. The molecule has 230 valence electrons. The Balaban J connectivity index is 1.72. The summed E-state index contributed by atoms with van der Waals surface area (Å²) in [6, 6.07) is 16.8. The number of anilines is 1. The first-order valence-corrected chi connectivity index (χ1v) is 17.0. The zero-order valence-corrected chi connectivity index (χ0v) is 27.3. The Morgan fingerprint density at radius 1 is 0.907 bits per heavy atom. The number of carbonyl (C=O) groups excluding carboxylic acids is 2. The fraction of sp³-hybridized carbons (Fsp3) is 0.375. The van der Waals surface area contributed by atoms with Gasteiger partial charge in [0.05, 0.1) is 10.6 Å². The summed E-state index contributed by atoms with van der Waals surface area (Å²) in [5, 5.41) is 4.31. The summed E-state index contributed by atoms with van der Waals surface area (Å²) >= 11 is 18.6. The summed E-state index contributed by atoms with van der Waals surface area (Å²) < 4.78 is 29.0. The molecule has 0 saturated heterocycles. The van der Waals surface area contributed by atoms with Gasteiger partial charge in [-0.15, -0.1) is 0 Å². The van der Waals surface area contributed by atoms with Gasteiger partial charge in [-0.2, -0.15) is 0 Å². The van der Waals surface area contributed by atoms with Gasteiger partial charge in [0, 0.05) is 27.7 Å². The monoisotopic (exact) mass is 663 g/mol. The highest BCUT2D eigenvalue weighted by Crippen LogP contribution is 2.28. The summed E-state index contributed by atoms with van der Waals surface area (Å²) in [5.41, 5.74) is 1.84. The highest BCUT2D eigenvalue weighted by molar-refractivity contribution is 7.92. The fourth-order valence-electron chi connectivity index (χ4n) is 5.27. The molecule has 1 unspecified atom stereocenters. The van der Waals surface area contributed by atoms with E-state index in [2.05, 4.69) is 5.32 Å². The normalized spacial score (nSPS) is 14.6. The lowest BCUT2D eigenvalue weighted by Gasteiger charge is -2.34. The molecule has 1 atom stereocenters. The second-order valence-electron chi connectivity index (χ2n) is 10.8. The number of carbonyl (C=O) groups is 2. The van der Waals surface area contributed by atoms with E-state index in [1.54, 1.807) is 42.5 Å². The summed E-state index contributed by atoms with van der Waals surface area (Å²) in [4.78, 5) is 29.3. The van der Waals surface area contributed by atoms with Crippen LogP contribution in [0.15, 0.2) is 71.6 Å². The van der Waals surface area contributed by atoms with Crippen LogP contribution in [0.4, 0.5) is 5.69 Å². The predicted octanol–water partition coefficient (Wildman–Crippen LogP) is 7.41. The second kappa shape index (κ2) is 14.8. The molecule has 0 spiro atoms. The Bertz CT molecular complexity index is 1530. The van der Waals surface area contributed by atoms with Crippen molar-refractivity contribution in [1.29, 1.82) is 0 Å². The van der Waals surface area contributed by atoms with Crippen molar-refractivity contribution in [1.82, 2.24) is 10.2 Å². The van der Waals surface area contributed by atoms with Gasteiger partial charge in [-0.3, -0.25) is 13.9 Å². The molecule has 0 radical (unpaired) electrons. The average Bonchev–Trinajstić information content (AvgIpc) is 2.98. The number of aryl methyl sites for hydroxylation is 1. The number of halogens is 3. The van der Waals surface area contributed by atoms with Crippen LogP contribution in [0.5, 0.6) is 0 Å². The van der Waals surface area contributed by atoms with Gasteiger partial charge in [0.25, 0.3) is 10.0 Å². The van der Waals surface area contributed by atoms with Gasteiger partial charge < -0.3 is 10.2 Å². The Morgan fingerprint density at radius 2 is 1.53 bits per heavy atom. The molecule has 43 heavy (non-hydrogen) atoms. The lowest BCUT2D eigenvalue weighted by molar-refractivity contribution is -0.140. The molecule has 11 heteroatoms. The minimum absolute atomic E-state index is 0.00579. The molecule has 0 aliphatic heterocycles. The van der Waals surface area contributed by atoms with E-state index in [9.17, 15) is 18.0 Å². The Labute approximate surface area is 269 Å². The van der Waals surface area contributed by atoms with Gasteiger partial charge in [0.1, 0.15) is 12.6 Å². The van der Waals surface area contributed by atoms with Gasteiger partial charge in [-0.05, 0) is 80.3 Å². The van der Waals surface area contributed by atoms with E-state index < -0.39 is 28.5 Å². The third kappa shape index (κ3) is 8.44. The summed E-state index contributed by atoms with van der Waals surface area (Å²) in [6.45, 7) is 3.18. The molecule has 1 N–H and O–H groups in total. The minimum atomic E-state index is -4.19. The maximum Gasteiger partial charge on any atom is 0.264 e. The van der Waals surface area contributed by atoms with Gasteiger partial charge in [-0.25, -0.2) is 8.42 Å². The van der Waals surface area contributed by atoms with Gasteiger partial charge in [0.2, 0.25) is 11.8 Å². The smallest absolute Gasteiger partial charge is 0.264 e. The van der Waals surface area contributed by atoms with Crippen LogP contribution in [-0.4, -0.2) is 43.8 Å². The lowest BCUT2D eigenvalue weighted by Crippen LogP contribution is -2.54. The van der Waals surface area contributed by atoms with Crippen molar-refractivity contribution in [3.8, 4) is 0 Å². The van der Waals surface area contributed by atoms with Crippen molar-refractivity contribution in [3.63, 3.8) is 0 Å². The first-order chi connectivity index (χ1) is 20.5. The summed E-state index contributed by atoms with van der Waals surface area (Å²) in [5.74, 6) is -0.815. The van der Waals surface area contributed by atoms with Crippen LogP contribution in [0.3, 0.4) is 0 Å². The van der Waals surface area contributed by atoms with Crippen LogP contribution in [0.1, 0.15) is 56.6 Å². The highest BCUT2D eigenvalue weighted by Gasteiger charge is 2.34. The van der Waals surface area contributed by atoms with Crippen molar-refractivity contribution in [2.45, 2.75) is 75.9 Å². The van der Waals surface area contributed by atoms with E-state index in [1.807, 2.05) is 13.8 Å². The van der Waals surface area contributed by atoms with Crippen LogP contribution >= 0.6 is 34.8 Å². The number of sulfonamides is 1. The number of hydrogen-bond acceptors (Lipinski definition) is 4. The lowest BCUT2D eigenvalue weighted by atomic mass is 9.95. The average molecular weight is 665 g/mol. The molecule has 1 fully saturated rings. The van der Waals surface area contributed by atoms with Crippen molar-refractivity contribution >= 4 is 62.3 Å². The van der Waals surface area contributed by atoms with Crippen molar-refractivity contribution < 1.29 is 18.0 Å². The molecule has 0 bridgehead atoms. The van der Waals surface area contributed by atoms with Crippen LogP contribution in [0, 0.1) is 6.92 Å². The van der Waals surface area contributed by atoms with Crippen LogP contribution in [-0.2, 0) is 26.2 Å². The molecule has 1 aliphatic carbocycles. The molecule has 7 nitrogen and oxygen atoms in total. The molecular weight excluding hydrogens is 629 g/mol. The van der Waals surface area contributed by atoms with E-state index in [-0.39, 0.29) is 23.4 Å². The molecule has 4 rings (SSSR count). The quantitative estimate of drug-likeness (QED) is 0.231. The molecule has 1 aliphatic rings. The molecule has 0 aromatic heterocycles. The second-order valence-corrected chi connectivity index (χ2v) is 14.0. The highest BCUT2D eigenvalue weighted by atomic mass is 35.5. The van der Waals surface area contributed by atoms with Crippen molar-refractivity contribution in [3.05, 3.63) is 92.9 Å². The number of amides is 2. The molecule has 0 heterocycles. The van der Waals surface area contributed by atoms with E-state index in [4.69, 9.17) is 34.8 Å². The van der Waals surface area contributed by atoms with Crippen LogP contribution < -0.4 is 9.62 Å². The SMILES string of the molecule is CCC(C(=O)NC1CCCCC1)N(Cc1ccc(Cl)cc1Cl)C(=O)CN(c1ccc(C)cc1)S(=O)(=O)c1ccc(Cl)cc1. The Hall–Kier alpha value is -2.78. The minimum Gasteiger partial charge on any atom is -0.352 e. The first-order valence-electron chi connectivity index (χ1n) is 14.4. The van der Waals surface area contributed by atoms with E-state index in [0.717, 1.165) is 42.0 Å². The molecule has 2 amide bonds. The van der Waals surface area contributed by atoms with E-state index in [1.165, 1.54) is 29.2 Å². The van der Waals surface area contributed by atoms with Crippen molar-refractivity contribution in [2.24, 2.45) is 0 Å². The van der Waals surface area contributed by atoms with E-state index >= 15 is 0 Å². The third-order valence-electron chi connectivity index (χ3n) is 7.70. The molecular formula is C32H36Cl3N3O4S. The fourth-order valence-corrected chi connectivity index (χ4v) is 7.28. The first kappa shape index (κ1) is 33.1. The predicted molar refractivity (Wildman–Crippen MR) is 173 cm³/mol. The summed E-state index contributed by atoms with van der Waals surface area (Å²) in [7, 11) is -4.19. The van der Waals surface area contributed by atoms with Crippen LogP contribution in [0.2, 0.25) is 15.1 Å². The maximum atomic E-state index is 14.3. The zero-order chi connectivity index (χ0) is 31.1. The zero-order valence-electron chi connectivity index (χ0n) is 24.2. The third-order valence-corrected chi connectivity index (χ3v) is 10.3. The number of benzene rings is 3. The number of rotatable bonds is 11. The van der Waals surface area contributed by atoms with Gasteiger partial charge in [-0.1, -0.05) is 84.8 Å². The number of nitrogens with one attached hydrogen (secondary N) is 1. The number of nitrogens with zero attached hydrogens (tertiary/aromatic N) is 2. The topological polar surface area (TPSA) is 86.8 Å². The van der Waals surface area contributed by atoms with Gasteiger partial charge >= 0.3 is 0 Å². The molecule has 3 aromatic rings. The van der Waals surface area contributed by atoms with E-state index in [0.29, 0.717) is 32.7 Å². The Kier molecular flexibility index (Phi) is 11.4. The maximum absolute atomic E-state index is 14.3. The summed E-state index contributed by atoms with van der Waals surface area (Å²) in [6.07, 6.45) is 5.32.